The molecular formula is C28H31NO2. The molecule has 0 radical (unpaired) electrons. The summed E-state index contributed by atoms with van der Waals surface area (Å²) in [6.07, 6.45) is 5.70. The van der Waals surface area contributed by atoms with E-state index in [-0.39, 0.29) is 5.92 Å². The van der Waals surface area contributed by atoms with E-state index in [0.717, 1.165) is 12.3 Å². The number of hydrogen-bond donors (Lipinski definition) is 0. The Morgan fingerprint density at radius 3 is 2.48 bits per heavy atom. The van der Waals surface area contributed by atoms with Crippen LogP contribution >= 0.6 is 0 Å². The zero-order valence-corrected chi connectivity index (χ0v) is 18.7. The van der Waals surface area contributed by atoms with E-state index in [9.17, 15) is 4.79 Å². The lowest BCUT2D eigenvalue weighted by atomic mass is 9.83. The van der Waals surface area contributed by atoms with Crippen molar-refractivity contribution in [3.8, 4) is 0 Å². The molecule has 0 saturated carbocycles. The molecule has 3 heteroatoms. The highest BCUT2D eigenvalue weighted by Crippen LogP contribution is 2.35. The maximum absolute atomic E-state index is 12.8. The van der Waals surface area contributed by atoms with Crippen LogP contribution in [-0.4, -0.2) is 10.4 Å². The third-order valence-electron chi connectivity index (χ3n) is 6.18. The van der Waals surface area contributed by atoms with E-state index < -0.39 is 0 Å². The number of rotatable bonds is 9. The van der Waals surface area contributed by atoms with Crippen molar-refractivity contribution in [3.63, 3.8) is 0 Å². The summed E-state index contributed by atoms with van der Waals surface area (Å²) in [6.45, 7) is 7.38. The van der Waals surface area contributed by atoms with Crippen LogP contribution < -0.4 is 0 Å². The first-order valence-corrected chi connectivity index (χ1v) is 11.2. The van der Waals surface area contributed by atoms with E-state index >= 15 is 0 Å². The van der Waals surface area contributed by atoms with Crippen molar-refractivity contribution in [1.29, 1.82) is 0 Å². The zero-order valence-electron chi connectivity index (χ0n) is 18.7. The van der Waals surface area contributed by atoms with Gasteiger partial charge < -0.3 is 8.98 Å². The second-order valence-corrected chi connectivity index (χ2v) is 8.89. The number of fused-ring (bicyclic) bond motifs is 1. The van der Waals surface area contributed by atoms with Gasteiger partial charge in [0, 0.05) is 42.9 Å². The zero-order chi connectivity index (χ0) is 21.8. The average molecular weight is 414 g/mol. The Balaban J connectivity index is 1.59. The summed E-state index contributed by atoms with van der Waals surface area (Å²) in [7, 11) is 0. The minimum Gasteiger partial charge on any atom is -0.469 e. The van der Waals surface area contributed by atoms with Gasteiger partial charge in [0.25, 0.3) is 0 Å². The fourth-order valence-electron chi connectivity index (χ4n) is 4.36. The third kappa shape index (κ3) is 4.99. The Bertz CT molecular complexity index is 1130. The number of furan rings is 1. The summed E-state index contributed by atoms with van der Waals surface area (Å²) in [5.74, 6) is 1.76. The van der Waals surface area contributed by atoms with Crippen LogP contribution in [0.15, 0.2) is 77.5 Å². The van der Waals surface area contributed by atoms with Crippen LogP contribution in [0.5, 0.6) is 0 Å². The highest BCUT2D eigenvalue weighted by molar-refractivity contribution is 5.86. The van der Waals surface area contributed by atoms with Crippen molar-refractivity contribution in [2.75, 3.05) is 0 Å². The molecule has 0 aliphatic heterocycles. The van der Waals surface area contributed by atoms with Gasteiger partial charge in [-0.05, 0) is 48.1 Å². The molecule has 0 bridgehead atoms. The fraction of sp³-hybridized carbons (Fsp3) is 0.321. The van der Waals surface area contributed by atoms with E-state index in [1.807, 2.05) is 12.1 Å². The van der Waals surface area contributed by atoms with Gasteiger partial charge in [-0.25, -0.2) is 0 Å². The summed E-state index contributed by atoms with van der Waals surface area (Å²) < 4.78 is 7.72. The van der Waals surface area contributed by atoms with Crippen LogP contribution in [0.4, 0.5) is 0 Å². The smallest absolute Gasteiger partial charge is 0.133 e. The first-order chi connectivity index (χ1) is 15.0. The molecule has 1 atom stereocenters. The molecule has 0 aliphatic carbocycles. The summed E-state index contributed by atoms with van der Waals surface area (Å²) in [5, 5.41) is 1.26. The fourth-order valence-corrected chi connectivity index (χ4v) is 4.36. The minimum absolute atomic E-state index is 0.202. The summed E-state index contributed by atoms with van der Waals surface area (Å²) >= 11 is 0. The Morgan fingerprint density at radius 2 is 1.77 bits per heavy atom. The third-order valence-corrected chi connectivity index (χ3v) is 6.18. The number of carbonyl (C=O) groups is 1. The standard InChI is InChI=1S/C28H31NO2/c1-20(2)26(17-23(30)14-15-24-7-6-16-31-24)27-19-29(28-9-5-4-8-25(27)28)18-22-12-10-21(3)11-13-22/h4-13,16,19-20,26H,14-15,17-18H2,1-3H3. The number of Topliss-reactive ketones (excluding diaryl/α,β-unsaturated/α-hetero) is 1. The Kier molecular flexibility index (Phi) is 6.41. The molecule has 2 aromatic carbocycles. The number of benzene rings is 2. The van der Waals surface area contributed by atoms with E-state index in [4.69, 9.17) is 4.42 Å². The predicted molar refractivity (Wildman–Crippen MR) is 126 cm³/mol. The van der Waals surface area contributed by atoms with Crippen LogP contribution in [0.3, 0.4) is 0 Å². The largest absolute Gasteiger partial charge is 0.469 e. The highest BCUT2D eigenvalue weighted by Gasteiger charge is 2.23. The van der Waals surface area contributed by atoms with Gasteiger partial charge in [0.1, 0.15) is 11.5 Å². The lowest BCUT2D eigenvalue weighted by Gasteiger charge is -2.20. The number of aromatic nitrogens is 1. The molecule has 31 heavy (non-hydrogen) atoms. The van der Waals surface area contributed by atoms with Gasteiger partial charge >= 0.3 is 0 Å². The molecule has 0 aliphatic rings. The van der Waals surface area contributed by atoms with Gasteiger partial charge in [-0.15, -0.1) is 0 Å². The van der Waals surface area contributed by atoms with Crippen molar-refractivity contribution in [2.45, 2.75) is 52.5 Å². The number of carbonyl (C=O) groups excluding carboxylic acids is 1. The summed E-state index contributed by atoms with van der Waals surface area (Å²) in [4.78, 5) is 12.8. The first kappa shape index (κ1) is 21.2. The molecule has 4 aromatic rings. The maximum Gasteiger partial charge on any atom is 0.133 e. The average Bonchev–Trinajstić information content (AvgIpc) is 3.40. The van der Waals surface area contributed by atoms with Crippen LogP contribution in [0.1, 0.15) is 55.1 Å². The van der Waals surface area contributed by atoms with Crippen LogP contribution in [-0.2, 0) is 17.8 Å². The highest BCUT2D eigenvalue weighted by atomic mass is 16.3. The van der Waals surface area contributed by atoms with Crippen LogP contribution in [0.2, 0.25) is 0 Å². The van der Waals surface area contributed by atoms with Gasteiger partial charge in [-0.1, -0.05) is 61.9 Å². The Morgan fingerprint density at radius 1 is 1.00 bits per heavy atom. The summed E-state index contributed by atoms with van der Waals surface area (Å²) in [5.41, 5.74) is 5.07. The molecule has 0 amide bonds. The van der Waals surface area contributed by atoms with Crippen LogP contribution in [0, 0.1) is 12.8 Å². The van der Waals surface area contributed by atoms with E-state index in [1.165, 1.54) is 27.6 Å². The SMILES string of the molecule is Cc1ccc(Cn2cc(C(CC(=O)CCc3ccco3)C(C)C)c3ccccc32)cc1. The second-order valence-electron chi connectivity index (χ2n) is 8.89. The quantitative estimate of drug-likeness (QED) is 0.298. The molecule has 160 valence electrons. The number of aryl methyl sites for hydroxylation is 2. The topological polar surface area (TPSA) is 35.1 Å². The van der Waals surface area contributed by atoms with Gasteiger partial charge in [0.05, 0.1) is 6.26 Å². The van der Waals surface area contributed by atoms with E-state index in [1.54, 1.807) is 6.26 Å². The molecule has 1 unspecified atom stereocenters. The molecule has 2 aromatic heterocycles. The second kappa shape index (κ2) is 9.38. The molecular weight excluding hydrogens is 382 g/mol. The number of hydrogen-bond acceptors (Lipinski definition) is 2. The van der Waals surface area contributed by atoms with Gasteiger partial charge in [-0.2, -0.15) is 0 Å². The molecule has 4 rings (SSSR count). The first-order valence-electron chi connectivity index (χ1n) is 11.2. The Hall–Kier alpha value is -3.07. The van der Waals surface area contributed by atoms with Crippen molar-refractivity contribution in [3.05, 3.63) is 95.6 Å². The van der Waals surface area contributed by atoms with Crippen LogP contribution in [0.25, 0.3) is 10.9 Å². The van der Waals surface area contributed by atoms with E-state index in [2.05, 4.69) is 80.1 Å². The molecule has 2 heterocycles. The molecule has 0 spiro atoms. The van der Waals surface area contributed by atoms with E-state index in [0.29, 0.717) is 31.0 Å². The van der Waals surface area contributed by atoms with Crippen molar-refractivity contribution in [1.82, 2.24) is 4.57 Å². The normalized spacial score (nSPS) is 12.5. The van der Waals surface area contributed by atoms with Gasteiger partial charge in [-0.3, -0.25) is 4.79 Å². The van der Waals surface area contributed by atoms with Gasteiger partial charge in [0.2, 0.25) is 0 Å². The maximum atomic E-state index is 12.8. The monoisotopic (exact) mass is 413 g/mol. The lowest BCUT2D eigenvalue weighted by Crippen LogP contribution is -2.13. The predicted octanol–water partition coefficient (Wildman–Crippen LogP) is 6.92. The minimum atomic E-state index is 0.202. The lowest BCUT2D eigenvalue weighted by molar-refractivity contribution is -0.119. The summed E-state index contributed by atoms with van der Waals surface area (Å²) in [6, 6.07) is 21.1. The number of nitrogens with zero attached hydrogens (tertiary/aromatic N) is 1. The molecule has 0 N–H and O–H groups in total. The molecule has 3 nitrogen and oxygen atoms in total. The van der Waals surface area contributed by atoms with Crippen molar-refractivity contribution in [2.24, 2.45) is 5.92 Å². The van der Waals surface area contributed by atoms with Gasteiger partial charge in [0.15, 0.2) is 0 Å². The van der Waals surface area contributed by atoms with Crippen molar-refractivity contribution < 1.29 is 9.21 Å². The van der Waals surface area contributed by atoms with Crippen molar-refractivity contribution >= 4 is 16.7 Å². The Labute approximate surface area is 184 Å². The number of ketones is 1. The number of para-hydroxylation sites is 1. The molecule has 0 saturated heterocycles. The molecule has 0 fully saturated rings.